The highest BCUT2D eigenvalue weighted by Crippen LogP contribution is 2.31. The highest BCUT2D eigenvalue weighted by molar-refractivity contribution is 5.09. The van der Waals surface area contributed by atoms with Crippen molar-refractivity contribution in [1.29, 1.82) is 0 Å². The maximum atomic E-state index is 5.17. The number of rotatable bonds is 6. The molecule has 0 fully saturated rings. The van der Waals surface area contributed by atoms with E-state index < -0.39 is 0 Å². The van der Waals surface area contributed by atoms with Crippen molar-refractivity contribution in [3.8, 4) is 0 Å². The zero-order chi connectivity index (χ0) is 12.9. The smallest absolute Gasteiger partial charge is 0.0934 e. The average Bonchev–Trinajstić information content (AvgIpc) is 2.76. The zero-order valence-electron chi connectivity index (χ0n) is 12.0. The van der Waals surface area contributed by atoms with Gasteiger partial charge >= 0.3 is 0 Å². The molecule has 0 amide bonds. The van der Waals surface area contributed by atoms with Crippen LogP contribution in [0, 0.1) is 5.41 Å². The van der Waals surface area contributed by atoms with Gasteiger partial charge in [0.15, 0.2) is 0 Å². The summed E-state index contributed by atoms with van der Waals surface area (Å²) >= 11 is 0. The van der Waals surface area contributed by atoms with Crippen LogP contribution in [0.25, 0.3) is 0 Å². The largest absolute Gasteiger partial charge is 0.472 e. The fourth-order valence-corrected chi connectivity index (χ4v) is 2.09. The number of nitrogens with one attached hydrogen (secondary N) is 1. The fraction of sp³-hybridized carbons (Fsp3) is 0.733. The second-order valence-corrected chi connectivity index (χ2v) is 6.12. The van der Waals surface area contributed by atoms with Crippen LogP contribution in [0.5, 0.6) is 0 Å². The molecule has 1 aromatic heterocycles. The summed E-state index contributed by atoms with van der Waals surface area (Å²) in [5, 5.41) is 3.65. The Morgan fingerprint density at radius 3 is 2.24 bits per heavy atom. The van der Waals surface area contributed by atoms with Gasteiger partial charge in [0.25, 0.3) is 0 Å². The van der Waals surface area contributed by atoms with Crippen LogP contribution in [-0.2, 0) is 6.42 Å². The maximum Gasteiger partial charge on any atom is 0.0934 e. The molecule has 0 saturated heterocycles. The first-order chi connectivity index (χ1) is 7.91. The first kappa shape index (κ1) is 14.3. The molecule has 0 atom stereocenters. The van der Waals surface area contributed by atoms with Crippen molar-refractivity contribution in [3.05, 3.63) is 24.2 Å². The van der Waals surface area contributed by atoms with E-state index in [0.29, 0.717) is 5.41 Å². The molecule has 0 unspecified atom stereocenters. The van der Waals surface area contributed by atoms with Gasteiger partial charge in [-0.3, -0.25) is 0 Å². The van der Waals surface area contributed by atoms with E-state index in [1.807, 2.05) is 6.26 Å². The molecule has 0 aromatic carbocycles. The molecule has 0 bridgehead atoms. The van der Waals surface area contributed by atoms with Gasteiger partial charge in [-0.1, -0.05) is 13.8 Å². The van der Waals surface area contributed by atoms with Crippen LogP contribution in [0.1, 0.15) is 53.0 Å². The third-order valence-electron chi connectivity index (χ3n) is 3.65. The van der Waals surface area contributed by atoms with E-state index in [4.69, 9.17) is 4.42 Å². The summed E-state index contributed by atoms with van der Waals surface area (Å²) in [5.41, 5.74) is 1.84. The Kier molecular flexibility index (Phi) is 4.81. The minimum absolute atomic E-state index is 0.186. The van der Waals surface area contributed by atoms with Gasteiger partial charge in [0.2, 0.25) is 0 Å². The molecular weight excluding hydrogens is 210 g/mol. The SMILES string of the molecule is CCC(CC)(CNC(C)(C)C)Cc1ccoc1. The molecule has 1 rings (SSSR count). The van der Waals surface area contributed by atoms with Crippen LogP contribution in [0.4, 0.5) is 0 Å². The van der Waals surface area contributed by atoms with Crippen molar-refractivity contribution in [2.75, 3.05) is 6.54 Å². The van der Waals surface area contributed by atoms with Crippen molar-refractivity contribution in [2.45, 2.75) is 59.4 Å². The van der Waals surface area contributed by atoms with Crippen LogP contribution in [0.15, 0.2) is 23.0 Å². The second kappa shape index (κ2) is 5.72. The molecule has 1 heterocycles. The number of hydrogen-bond donors (Lipinski definition) is 1. The maximum absolute atomic E-state index is 5.17. The Hall–Kier alpha value is -0.760. The Morgan fingerprint density at radius 2 is 1.82 bits per heavy atom. The Labute approximate surface area is 106 Å². The van der Waals surface area contributed by atoms with Gasteiger partial charge in [0.1, 0.15) is 0 Å². The molecule has 2 nitrogen and oxygen atoms in total. The summed E-state index contributed by atoms with van der Waals surface area (Å²) in [6, 6.07) is 2.08. The highest BCUT2D eigenvalue weighted by atomic mass is 16.3. The van der Waals surface area contributed by atoms with Crippen LogP contribution in [0.2, 0.25) is 0 Å². The standard InChI is InChI=1S/C15H27NO/c1-6-15(7-2,12-16-14(3,4)5)10-13-8-9-17-11-13/h8-9,11,16H,6-7,10,12H2,1-5H3. The molecule has 98 valence electrons. The van der Waals surface area contributed by atoms with Gasteiger partial charge in [-0.25, -0.2) is 0 Å². The van der Waals surface area contributed by atoms with E-state index in [1.165, 1.54) is 18.4 Å². The zero-order valence-corrected chi connectivity index (χ0v) is 12.0. The van der Waals surface area contributed by atoms with Gasteiger partial charge in [-0.2, -0.15) is 0 Å². The quantitative estimate of drug-likeness (QED) is 0.808. The average molecular weight is 237 g/mol. The molecule has 0 aliphatic rings. The van der Waals surface area contributed by atoms with Crippen molar-refractivity contribution in [1.82, 2.24) is 5.32 Å². The molecule has 1 N–H and O–H groups in total. The van der Waals surface area contributed by atoms with Gasteiger partial charge < -0.3 is 9.73 Å². The molecular formula is C15H27NO. The summed E-state index contributed by atoms with van der Waals surface area (Å²) in [6.07, 6.45) is 7.12. The Morgan fingerprint density at radius 1 is 1.18 bits per heavy atom. The van der Waals surface area contributed by atoms with Crippen molar-refractivity contribution < 1.29 is 4.42 Å². The second-order valence-electron chi connectivity index (χ2n) is 6.12. The summed E-state index contributed by atoms with van der Waals surface area (Å²) in [6.45, 7) is 12.3. The van der Waals surface area contributed by atoms with Crippen LogP contribution in [0.3, 0.4) is 0 Å². The molecule has 17 heavy (non-hydrogen) atoms. The molecule has 0 radical (unpaired) electrons. The van der Waals surface area contributed by atoms with Crippen molar-refractivity contribution in [2.24, 2.45) is 5.41 Å². The third kappa shape index (κ3) is 4.55. The molecule has 1 aromatic rings. The lowest BCUT2D eigenvalue weighted by Crippen LogP contribution is -2.44. The summed E-state index contributed by atoms with van der Waals surface area (Å²) in [7, 11) is 0. The predicted molar refractivity (Wildman–Crippen MR) is 73.2 cm³/mol. The monoisotopic (exact) mass is 237 g/mol. The fourth-order valence-electron chi connectivity index (χ4n) is 2.09. The molecule has 0 saturated carbocycles. The van der Waals surface area contributed by atoms with E-state index >= 15 is 0 Å². The van der Waals surface area contributed by atoms with E-state index in [9.17, 15) is 0 Å². The van der Waals surface area contributed by atoms with E-state index in [1.54, 1.807) is 6.26 Å². The summed E-state index contributed by atoms with van der Waals surface area (Å²) in [5.74, 6) is 0. The normalized spacial score (nSPS) is 13.0. The van der Waals surface area contributed by atoms with Gasteiger partial charge in [-0.05, 0) is 57.1 Å². The summed E-state index contributed by atoms with van der Waals surface area (Å²) in [4.78, 5) is 0. The third-order valence-corrected chi connectivity index (χ3v) is 3.65. The first-order valence-corrected chi connectivity index (χ1v) is 6.67. The van der Waals surface area contributed by atoms with Crippen molar-refractivity contribution in [3.63, 3.8) is 0 Å². The molecule has 2 heteroatoms. The van der Waals surface area contributed by atoms with Crippen LogP contribution < -0.4 is 5.32 Å². The molecule has 0 spiro atoms. The molecule has 0 aliphatic heterocycles. The van der Waals surface area contributed by atoms with Gasteiger partial charge in [0.05, 0.1) is 12.5 Å². The van der Waals surface area contributed by atoms with Crippen LogP contribution in [-0.4, -0.2) is 12.1 Å². The topological polar surface area (TPSA) is 25.2 Å². The van der Waals surface area contributed by atoms with E-state index in [0.717, 1.165) is 13.0 Å². The first-order valence-electron chi connectivity index (χ1n) is 6.67. The van der Waals surface area contributed by atoms with Gasteiger partial charge in [0, 0.05) is 12.1 Å². The van der Waals surface area contributed by atoms with Gasteiger partial charge in [-0.15, -0.1) is 0 Å². The number of hydrogen-bond acceptors (Lipinski definition) is 2. The minimum Gasteiger partial charge on any atom is -0.472 e. The van der Waals surface area contributed by atoms with E-state index in [2.05, 4.69) is 46.0 Å². The van der Waals surface area contributed by atoms with Crippen molar-refractivity contribution >= 4 is 0 Å². The predicted octanol–water partition coefficient (Wildman–Crippen LogP) is 4.02. The number of furan rings is 1. The lowest BCUT2D eigenvalue weighted by atomic mass is 9.77. The van der Waals surface area contributed by atoms with E-state index in [-0.39, 0.29) is 5.54 Å². The minimum atomic E-state index is 0.186. The Bertz CT molecular complexity index is 304. The van der Waals surface area contributed by atoms with Crippen LogP contribution >= 0.6 is 0 Å². The Balaban J connectivity index is 2.68. The molecule has 0 aliphatic carbocycles. The summed E-state index contributed by atoms with van der Waals surface area (Å²) < 4.78 is 5.17. The lowest BCUT2D eigenvalue weighted by molar-refractivity contribution is 0.220. The lowest BCUT2D eigenvalue weighted by Gasteiger charge is -2.35. The highest BCUT2D eigenvalue weighted by Gasteiger charge is 2.28.